The molecule has 1 aromatic heterocycles. The number of amides is 3. The molecule has 0 radical (unpaired) electrons. The van der Waals surface area contributed by atoms with Crippen LogP contribution in [-0.2, 0) is 19.1 Å². The maximum atomic E-state index is 12.7. The number of nitrogen functional groups attached to an aromatic ring is 1. The third-order valence-corrected chi connectivity index (χ3v) is 7.36. The Kier molecular flexibility index (Phi) is 6.42. The number of likely N-dealkylation sites (tertiary alicyclic amines) is 1. The number of rotatable bonds is 6. The largest absolute Gasteiger partial charge is 0.477 e. The van der Waals surface area contributed by atoms with Gasteiger partial charge in [0.1, 0.15) is 29.4 Å². The molecule has 15 heteroatoms. The summed E-state index contributed by atoms with van der Waals surface area (Å²) in [7, 11) is 0. The van der Waals surface area contributed by atoms with E-state index in [4.69, 9.17) is 10.5 Å². The summed E-state index contributed by atoms with van der Waals surface area (Å²) in [5.41, 5.74) is 5.20. The number of anilines is 1. The summed E-state index contributed by atoms with van der Waals surface area (Å²) >= 11 is 2.27. The zero-order chi connectivity index (χ0) is 23.7. The van der Waals surface area contributed by atoms with Crippen molar-refractivity contribution in [3.05, 3.63) is 22.3 Å². The number of aliphatic carboxylic acids is 1. The van der Waals surface area contributed by atoms with Gasteiger partial charge in [-0.3, -0.25) is 14.5 Å². The molecule has 4 heterocycles. The number of oxime groups is 1. The minimum Gasteiger partial charge on any atom is -0.477 e. The number of fused-ring (bicyclic) bond motifs is 1. The number of hydrogen-bond acceptors (Lipinski definition) is 11. The van der Waals surface area contributed by atoms with Crippen molar-refractivity contribution in [2.24, 2.45) is 5.16 Å². The van der Waals surface area contributed by atoms with Gasteiger partial charge in [-0.1, -0.05) is 5.16 Å². The maximum absolute atomic E-state index is 12.7. The highest BCUT2D eigenvalue weighted by Gasteiger charge is 2.54. The summed E-state index contributed by atoms with van der Waals surface area (Å²) < 4.78 is 5.26. The van der Waals surface area contributed by atoms with E-state index in [1.807, 2.05) is 0 Å². The lowest BCUT2D eigenvalue weighted by atomic mass is 10.0. The van der Waals surface area contributed by atoms with Gasteiger partial charge in [-0.05, 0) is 12.8 Å². The van der Waals surface area contributed by atoms with Gasteiger partial charge in [-0.15, -0.1) is 23.1 Å². The van der Waals surface area contributed by atoms with Crippen molar-refractivity contribution in [3.63, 3.8) is 0 Å². The first-order chi connectivity index (χ1) is 15.8. The SMILES string of the molecule is Nc1nc(/C(=N/O)C(=O)NC2C(=O)N3C(C(=O)O)=C(COC(=O)N4CCCC4)CSC23)cs1. The van der Waals surface area contributed by atoms with Crippen molar-refractivity contribution in [2.45, 2.75) is 24.3 Å². The minimum absolute atomic E-state index is 0.0469. The molecule has 0 spiro atoms. The highest BCUT2D eigenvalue weighted by molar-refractivity contribution is 8.00. The molecule has 0 aliphatic carbocycles. The number of carboxylic acid groups (broad SMARTS) is 1. The fourth-order valence-corrected chi connectivity index (χ4v) is 5.63. The molecule has 3 amide bonds. The number of thiazole rings is 1. The third kappa shape index (κ3) is 4.32. The number of β-lactam (4-membered cyclic amide) rings is 1. The van der Waals surface area contributed by atoms with Gasteiger partial charge in [0.15, 0.2) is 10.8 Å². The predicted octanol–water partition coefficient (Wildman–Crippen LogP) is -0.125. The Bertz CT molecular complexity index is 1060. The molecule has 5 N–H and O–H groups in total. The monoisotopic (exact) mass is 496 g/mol. The molecule has 2 atom stereocenters. The number of nitrogens with one attached hydrogen (secondary N) is 1. The smallest absolute Gasteiger partial charge is 0.410 e. The van der Waals surface area contributed by atoms with E-state index in [2.05, 4.69) is 15.5 Å². The van der Waals surface area contributed by atoms with E-state index in [1.54, 1.807) is 4.90 Å². The van der Waals surface area contributed by atoms with Crippen molar-refractivity contribution in [1.29, 1.82) is 0 Å². The number of nitrogens with two attached hydrogens (primary N) is 1. The lowest BCUT2D eigenvalue weighted by Crippen LogP contribution is -2.71. The number of thioether (sulfide) groups is 1. The molecule has 33 heavy (non-hydrogen) atoms. The normalized spacial score (nSPS) is 22.7. The number of aromatic nitrogens is 1. The van der Waals surface area contributed by atoms with E-state index in [9.17, 15) is 29.5 Å². The molecular weight excluding hydrogens is 476 g/mol. The van der Waals surface area contributed by atoms with Gasteiger partial charge < -0.3 is 31.0 Å². The number of carbonyl (C=O) groups excluding carboxylic acids is 3. The topological polar surface area (TPSA) is 188 Å². The van der Waals surface area contributed by atoms with E-state index in [-0.39, 0.29) is 28.9 Å². The number of carbonyl (C=O) groups is 4. The number of carboxylic acids is 1. The van der Waals surface area contributed by atoms with E-state index in [1.165, 1.54) is 17.1 Å². The highest BCUT2D eigenvalue weighted by Crippen LogP contribution is 2.40. The summed E-state index contributed by atoms with van der Waals surface area (Å²) in [6.45, 7) is 0.947. The number of hydrogen-bond donors (Lipinski definition) is 4. The molecule has 0 bridgehead atoms. The van der Waals surface area contributed by atoms with Crippen LogP contribution in [0.5, 0.6) is 0 Å². The molecular formula is C18H20N6O7S2. The second-order valence-corrected chi connectivity index (χ2v) is 9.38. The van der Waals surface area contributed by atoms with Crippen molar-refractivity contribution in [2.75, 3.05) is 31.2 Å². The maximum Gasteiger partial charge on any atom is 0.410 e. The first-order valence-corrected chi connectivity index (χ1v) is 11.8. The number of ether oxygens (including phenoxy) is 1. The fourth-order valence-electron chi connectivity index (χ4n) is 3.75. The fraction of sp³-hybridized carbons (Fsp3) is 0.444. The molecule has 13 nitrogen and oxygen atoms in total. The van der Waals surface area contributed by atoms with E-state index in [0.29, 0.717) is 18.7 Å². The second-order valence-electron chi connectivity index (χ2n) is 7.39. The van der Waals surface area contributed by atoms with Gasteiger partial charge in [0.05, 0.1) is 0 Å². The van der Waals surface area contributed by atoms with Crippen molar-refractivity contribution in [3.8, 4) is 0 Å². The van der Waals surface area contributed by atoms with Gasteiger partial charge in [0, 0.05) is 29.8 Å². The van der Waals surface area contributed by atoms with E-state index < -0.39 is 41.0 Å². The van der Waals surface area contributed by atoms with Crippen molar-refractivity contribution in [1.82, 2.24) is 20.1 Å². The van der Waals surface area contributed by atoms with E-state index >= 15 is 0 Å². The predicted molar refractivity (Wildman–Crippen MR) is 117 cm³/mol. The Labute approximate surface area is 195 Å². The van der Waals surface area contributed by atoms with Crippen LogP contribution >= 0.6 is 23.1 Å². The Hall–Kier alpha value is -3.33. The zero-order valence-electron chi connectivity index (χ0n) is 17.1. The van der Waals surface area contributed by atoms with Crippen LogP contribution in [0.2, 0.25) is 0 Å². The Morgan fingerprint density at radius 1 is 1.33 bits per heavy atom. The molecule has 2 saturated heterocycles. The summed E-state index contributed by atoms with van der Waals surface area (Å²) in [4.78, 5) is 55.8. The quantitative estimate of drug-likeness (QED) is 0.179. The average molecular weight is 497 g/mol. The van der Waals surface area contributed by atoms with Crippen LogP contribution in [0.25, 0.3) is 0 Å². The molecule has 2 fully saturated rings. The van der Waals surface area contributed by atoms with Crippen LogP contribution in [-0.4, -0.2) is 91.6 Å². The summed E-state index contributed by atoms with van der Waals surface area (Å²) in [5.74, 6) is -2.63. The van der Waals surface area contributed by atoms with Crippen LogP contribution in [0.3, 0.4) is 0 Å². The first-order valence-electron chi connectivity index (χ1n) is 9.87. The van der Waals surface area contributed by atoms with Gasteiger partial charge in [0.25, 0.3) is 11.8 Å². The summed E-state index contributed by atoms with van der Waals surface area (Å²) in [5, 5.41) is 25.2. The second kappa shape index (κ2) is 9.27. The lowest BCUT2D eigenvalue weighted by molar-refractivity contribution is -0.150. The number of nitrogens with zero attached hydrogens (tertiary/aromatic N) is 4. The van der Waals surface area contributed by atoms with Gasteiger partial charge in [0.2, 0.25) is 0 Å². The molecule has 4 rings (SSSR count). The molecule has 3 aliphatic rings. The molecule has 1 aromatic rings. The van der Waals surface area contributed by atoms with Crippen LogP contribution < -0.4 is 11.1 Å². The molecule has 2 unspecified atom stereocenters. The molecule has 3 aliphatic heterocycles. The van der Waals surface area contributed by atoms with Crippen LogP contribution in [0.1, 0.15) is 18.5 Å². The first kappa shape index (κ1) is 22.8. The van der Waals surface area contributed by atoms with Crippen LogP contribution in [0, 0.1) is 0 Å². The van der Waals surface area contributed by atoms with Gasteiger partial charge in [-0.25, -0.2) is 14.6 Å². The Balaban J connectivity index is 1.44. The zero-order valence-corrected chi connectivity index (χ0v) is 18.7. The van der Waals surface area contributed by atoms with E-state index in [0.717, 1.165) is 29.1 Å². The molecule has 0 aromatic carbocycles. The molecule has 176 valence electrons. The minimum atomic E-state index is -1.33. The van der Waals surface area contributed by atoms with Crippen molar-refractivity contribution >= 4 is 57.8 Å². The summed E-state index contributed by atoms with van der Waals surface area (Å²) in [6.07, 6.45) is 1.27. The summed E-state index contributed by atoms with van der Waals surface area (Å²) in [6, 6.07) is -1.03. The average Bonchev–Trinajstić information content (AvgIpc) is 3.47. The van der Waals surface area contributed by atoms with Gasteiger partial charge in [-0.2, -0.15) is 0 Å². The lowest BCUT2D eigenvalue weighted by Gasteiger charge is -2.49. The third-order valence-electron chi connectivity index (χ3n) is 5.35. The van der Waals surface area contributed by atoms with Crippen molar-refractivity contribution < 1.29 is 34.2 Å². The Morgan fingerprint density at radius 3 is 2.67 bits per heavy atom. The van der Waals surface area contributed by atoms with Crippen LogP contribution in [0.15, 0.2) is 21.8 Å². The Morgan fingerprint density at radius 2 is 2.06 bits per heavy atom. The standard InChI is InChI=1S/C18H20N6O7S2/c19-17-20-9(7-33-17)10(22-30)13(25)21-11-14(26)24-12(16(27)28)8(6-32-15(11)24)5-31-18(29)23-3-1-2-4-23/h7,11,15,30H,1-6H2,(H2,19,20)(H,21,25)(H,27,28)/b22-10-. The molecule has 0 saturated carbocycles. The highest BCUT2D eigenvalue weighted by atomic mass is 32.2. The van der Waals surface area contributed by atoms with Gasteiger partial charge >= 0.3 is 12.1 Å². The van der Waals surface area contributed by atoms with Crippen LogP contribution in [0.4, 0.5) is 9.93 Å².